The van der Waals surface area contributed by atoms with Gasteiger partial charge in [0.05, 0.1) is 7.11 Å². The van der Waals surface area contributed by atoms with Gasteiger partial charge in [-0.05, 0) is 11.6 Å². The molecule has 2 aromatic rings. The molecule has 1 N–H and O–H groups in total. The molecular formula is C13H13BO3. The first-order valence-corrected chi connectivity index (χ1v) is 5.33. The Morgan fingerprint density at radius 3 is 2.41 bits per heavy atom. The molecule has 0 aromatic heterocycles. The SMILES string of the molecule is COc1c(OBO)cccc1-c1ccccc1. The summed E-state index contributed by atoms with van der Waals surface area (Å²) in [5.74, 6) is 1.17. The molecule has 3 nitrogen and oxygen atoms in total. The number of rotatable bonds is 4. The molecule has 0 fully saturated rings. The highest BCUT2D eigenvalue weighted by molar-refractivity contribution is 6.17. The second-order valence-corrected chi connectivity index (χ2v) is 3.48. The quantitative estimate of drug-likeness (QED) is 0.813. The minimum atomic E-state index is -0.366. The maximum absolute atomic E-state index is 8.82. The highest BCUT2D eigenvalue weighted by Crippen LogP contribution is 2.37. The average molecular weight is 228 g/mol. The highest BCUT2D eigenvalue weighted by atomic mass is 16.5. The molecule has 0 saturated heterocycles. The Kier molecular flexibility index (Phi) is 3.68. The largest absolute Gasteiger partial charge is 0.536 e. The fraction of sp³-hybridized carbons (Fsp3) is 0.0769. The van der Waals surface area contributed by atoms with E-state index in [0.29, 0.717) is 11.5 Å². The van der Waals surface area contributed by atoms with Crippen molar-refractivity contribution in [1.82, 2.24) is 0 Å². The maximum Gasteiger partial charge on any atom is 0.504 e. The van der Waals surface area contributed by atoms with Crippen LogP contribution in [-0.4, -0.2) is 19.8 Å². The summed E-state index contributed by atoms with van der Waals surface area (Å²) in [7, 11) is 1.22. The first-order chi connectivity index (χ1) is 8.36. The van der Waals surface area contributed by atoms with Crippen molar-refractivity contribution in [3.8, 4) is 22.6 Å². The van der Waals surface area contributed by atoms with Gasteiger partial charge in [-0.25, -0.2) is 0 Å². The second-order valence-electron chi connectivity index (χ2n) is 3.48. The molecule has 0 aliphatic heterocycles. The number of ether oxygens (including phenoxy) is 1. The van der Waals surface area contributed by atoms with E-state index in [1.165, 1.54) is 0 Å². The molecule has 0 unspecified atom stereocenters. The van der Waals surface area contributed by atoms with Crippen molar-refractivity contribution in [3.05, 3.63) is 48.5 Å². The van der Waals surface area contributed by atoms with Crippen molar-refractivity contribution in [2.45, 2.75) is 0 Å². The molecule has 0 spiro atoms. The van der Waals surface area contributed by atoms with Crippen LogP contribution in [0.15, 0.2) is 48.5 Å². The third-order valence-electron chi connectivity index (χ3n) is 2.49. The van der Waals surface area contributed by atoms with Crippen LogP contribution >= 0.6 is 0 Å². The zero-order valence-electron chi connectivity index (χ0n) is 9.59. The second kappa shape index (κ2) is 5.41. The Morgan fingerprint density at radius 2 is 1.76 bits per heavy atom. The number of hydrogen-bond donors (Lipinski definition) is 1. The Balaban J connectivity index is 2.50. The van der Waals surface area contributed by atoms with Crippen LogP contribution in [0, 0.1) is 0 Å². The Hall–Kier alpha value is -1.94. The van der Waals surface area contributed by atoms with E-state index in [4.69, 9.17) is 14.4 Å². The normalized spacial score (nSPS) is 9.76. The lowest BCUT2D eigenvalue weighted by molar-refractivity contribution is 0.383. The van der Waals surface area contributed by atoms with Gasteiger partial charge in [-0.1, -0.05) is 42.5 Å². The van der Waals surface area contributed by atoms with E-state index in [0.717, 1.165) is 11.1 Å². The minimum Gasteiger partial charge on any atom is -0.536 e. The first kappa shape index (κ1) is 11.5. The van der Waals surface area contributed by atoms with Crippen LogP contribution in [0.3, 0.4) is 0 Å². The molecule has 86 valence electrons. The molecule has 0 saturated carbocycles. The van der Waals surface area contributed by atoms with Crippen LogP contribution in [0.1, 0.15) is 0 Å². The Morgan fingerprint density at radius 1 is 1.00 bits per heavy atom. The van der Waals surface area contributed by atoms with Crippen LogP contribution < -0.4 is 9.39 Å². The van der Waals surface area contributed by atoms with E-state index >= 15 is 0 Å². The van der Waals surface area contributed by atoms with Gasteiger partial charge in [0.1, 0.15) is 5.75 Å². The topological polar surface area (TPSA) is 38.7 Å². The zero-order chi connectivity index (χ0) is 12.1. The molecule has 2 rings (SSSR count). The predicted octanol–water partition coefficient (Wildman–Crippen LogP) is 2.00. The molecule has 0 bridgehead atoms. The van der Waals surface area contributed by atoms with Gasteiger partial charge < -0.3 is 14.4 Å². The number of hydrogen-bond acceptors (Lipinski definition) is 3. The van der Waals surface area contributed by atoms with Crippen LogP contribution in [0.25, 0.3) is 11.1 Å². The number of para-hydroxylation sites is 1. The van der Waals surface area contributed by atoms with Crippen LogP contribution in [-0.2, 0) is 0 Å². The highest BCUT2D eigenvalue weighted by Gasteiger charge is 2.11. The summed E-state index contributed by atoms with van der Waals surface area (Å²) < 4.78 is 10.5. The Bertz CT molecular complexity index is 485. The summed E-state index contributed by atoms with van der Waals surface area (Å²) in [4.78, 5) is 0. The zero-order valence-corrected chi connectivity index (χ0v) is 9.59. The van der Waals surface area contributed by atoms with Gasteiger partial charge in [-0.3, -0.25) is 0 Å². The molecule has 4 heteroatoms. The van der Waals surface area contributed by atoms with Gasteiger partial charge in [0.25, 0.3) is 0 Å². The average Bonchev–Trinajstić information content (AvgIpc) is 2.40. The fourth-order valence-electron chi connectivity index (χ4n) is 1.75. The predicted molar refractivity (Wildman–Crippen MR) is 68.4 cm³/mol. The molecule has 2 aromatic carbocycles. The van der Waals surface area contributed by atoms with Crippen LogP contribution in [0.2, 0.25) is 0 Å². The minimum absolute atomic E-state index is 0.366. The molecule has 0 radical (unpaired) electrons. The van der Waals surface area contributed by atoms with Crippen molar-refractivity contribution in [1.29, 1.82) is 0 Å². The van der Waals surface area contributed by atoms with Gasteiger partial charge in [0.15, 0.2) is 5.75 Å². The lowest BCUT2D eigenvalue weighted by Crippen LogP contribution is -2.02. The van der Waals surface area contributed by atoms with E-state index in [1.54, 1.807) is 13.2 Å². The van der Waals surface area contributed by atoms with E-state index < -0.39 is 0 Å². The third-order valence-corrected chi connectivity index (χ3v) is 2.49. The van der Waals surface area contributed by atoms with Crippen molar-refractivity contribution >= 4 is 7.69 Å². The first-order valence-electron chi connectivity index (χ1n) is 5.33. The lowest BCUT2D eigenvalue weighted by atomic mass is 10.0. The van der Waals surface area contributed by atoms with Gasteiger partial charge >= 0.3 is 7.69 Å². The summed E-state index contributed by atoms with van der Waals surface area (Å²) in [5.41, 5.74) is 1.99. The summed E-state index contributed by atoms with van der Waals surface area (Å²) in [6, 6.07) is 15.5. The molecular weight excluding hydrogens is 215 g/mol. The van der Waals surface area contributed by atoms with Gasteiger partial charge in [0.2, 0.25) is 0 Å². The summed E-state index contributed by atoms with van der Waals surface area (Å²) >= 11 is 0. The summed E-state index contributed by atoms with van der Waals surface area (Å²) in [5, 5.41) is 8.82. The van der Waals surface area contributed by atoms with E-state index in [-0.39, 0.29) is 7.69 Å². The van der Waals surface area contributed by atoms with E-state index in [2.05, 4.69) is 0 Å². The molecule has 0 atom stereocenters. The third kappa shape index (κ3) is 2.42. The van der Waals surface area contributed by atoms with E-state index in [1.807, 2.05) is 42.5 Å². The van der Waals surface area contributed by atoms with E-state index in [9.17, 15) is 0 Å². The summed E-state index contributed by atoms with van der Waals surface area (Å²) in [6.07, 6.45) is 0. The standard InChI is InChI=1S/C13H13BO3/c1-16-13-11(10-6-3-2-4-7-10)8-5-9-12(13)17-14-15/h2-9,14-15H,1H3. The van der Waals surface area contributed by atoms with Crippen molar-refractivity contribution in [3.63, 3.8) is 0 Å². The summed E-state index contributed by atoms with van der Waals surface area (Å²) in [6.45, 7) is 0. The smallest absolute Gasteiger partial charge is 0.504 e. The Labute approximate surface area is 101 Å². The molecule has 0 heterocycles. The van der Waals surface area contributed by atoms with Crippen molar-refractivity contribution in [2.24, 2.45) is 0 Å². The molecule has 17 heavy (non-hydrogen) atoms. The fourth-order valence-corrected chi connectivity index (χ4v) is 1.75. The van der Waals surface area contributed by atoms with Crippen LogP contribution in [0.4, 0.5) is 0 Å². The van der Waals surface area contributed by atoms with Crippen molar-refractivity contribution < 1.29 is 14.4 Å². The monoisotopic (exact) mass is 228 g/mol. The molecule has 0 amide bonds. The van der Waals surface area contributed by atoms with Crippen LogP contribution in [0.5, 0.6) is 11.5 Å². The molecule has 0 aliphatic rings. The number of benzene rings is 2. The van der Waals surface area contributed by atoms with Gasteiger partial charge in [-0.2, -0.15) is 0 Å². The maximum atomic E-state index is 8.82. The van der Waals surface area contributed by atoms with Gasteiger partial charge in [0, 0.05) is 5.56 Å². The van der Waals surface area contributed by atoms with Gasteiger partial charge in [-0.15, -0.1) is 0 Å². The van der Waals surface area contributed by atoms with Crippen molar-refractivity contribution in [2.75, 3.05) is 7.11 Å². The lowest BCUT2D eigenvalue weighted by Gasteiger charge is -2.13. The number of methoxy groups -OCH3 is 1. The molecule has 0 aliphatic carbocycles.